The zero-order valence-corrected chi connectivity index (χ0v) is 14.5. The number of nitrogens with one attached hydrogen (secondary N) is 1. The zero-order chi connectivity index (χ0) is 16.4. The van der Waals surface area contributed by atoms with Gasteiger partial charge in [0.1, 0.15) is 0 Å². The van der Waals surface area contributed by atoms with Crippen LogP contribution in [0.5, 0.6) is 0 Å². The van der Waals surface area contributed by atoms with Crippen molar-refractivity contribution in [1.29, 1.82) is 0 Å². The van der Waals surface area contributed by atoms with Gasteiger partial charge in [0.25, 0.3) is 0 Å². The minimum absolute atomic E-state index is 0.739. The van der Waals surface area contributed by atoms with Crippen molar-refractivity contribution in [2.24, 2.45) is 0 Å². The molecular formula is C19H16ClN3S. The molecule has 0 unspecified atom stereocenters. The highest BCUT2D eigenvalue weighted by atomic mass is 35.5. The molecule has 5 heteroatoms. The maximum Gasteiger partial charge on any atom is 0.194 e. The smallest absolute Gasteiger partial charge is 0.194 e. The molecule has 0 atom stereocenters. The largest absolute Gasteiger partial charge is 0.307 e. The Kier molecular flexibility index (Phi) is 4.34. The van der Waals surface area contributed by atoms with Gasteiger partial charge in [-0.25, -0.2) is 4.98 Å². The van der Waals surface area contributed by atoms with E-state index in [0.717, 1.165) is 34.3 Å². The van der Waals surface area contributed by atoms with Gasteiger partial charge in [-0.05, 0) is 17.7 Å². The van der Waals surface area contributed by atoms with E-state index in [1.165, 1.54) is 11.3 Å². The first-order valence-electron chi connectivity index (χ1n) is 7.76. The molecule has 2 aromatic heterocycles. The lowest BCUT2D eigenvalue weighted by Gasteiger charge is -2.07. The maximum atomic E-state index is 6.01. The number of thiazole rings is 1. The van der Waals surface area contributed by atoms with Crippen LogP contribution in [-0.2, 0) is 13.1 Å². The monoisotopic (exact) mass is 353 g/mol. The van der Waals surface area contributed by atoms with Crippen LogP contribution >= 0.6 is 22.9 Å². The van der Waals surface area contributed by atoms with Crippen LogP contribution in [0.2, 0.25) is 5.02 Å². The first kappa shape index (κ1) is 15.4. The molecule has 0 aliphatic rings. The van der Waals surface area contributed by atoms with Crippen molar-refractivity contribution in [3.63, 3.8) is 0 Å². The Morgan fingerprint density at radius 2 is 1.79 bits per heavy atom. The molecule has 2 heterocycles. The molecule has 0 amide bonds. The number of hydrogen-bond donors (Lipinski definition) is 1. The van der Waals surface area contributed by atoms with E-state index in [1.54, 1.807) is 11.3 Å². The molecule has 0 fully saturated rings. The van der Waals surface area contributed by atoms with Crippen molar-refractivity contribution < 1.29 is 0 Å². The van der Waals surface area contributed by atoms with E-state index in [2.05, 4.69) is 45.6 Å². The lowest BCUT2D eigenvalue weighted by molar-refractivity contribution is 0.677. The van der Waals surface area contributed by atoms with E-state index >= 15 is 0 Å². The van der Waals surface area contributed by atoms with Gasteiger partial charge in [-0.2, -0.15) is 0 Å². The average Bonchev–Trinajstić information content (AvgIpc) is 3.19. The van der Waals surface area contributed by atoms with Crippen LogP contribution in [0, 0.1) is 0 Å². The lowest BCUT2D eigenvalue weighted by Crippen LogP contribution is -2.14. The van der Waals surface area contributed by atoms with Crippen LogP contribution in [0.3, 0.4) is 0 Å². The first-order chi connectivity index (χ1) is 11.8. The number of halogens is 1. The number of fused-ring (bicyclic) bond motifs is 1. The predicted octanol–water partition coefficient (Wildman–Crippen LogP) is 5.01. The van der Waals surface area contributed by atoms with Crippen molar-refractivity contribution in [2.45, 2.75) is 13.1 Å². The average molecular weight is 354 g/mol. The van der Waals surface area contributed by atoms with Gasteiger partial charge in [-0.1, -0.05) is 54.1 Å². The van der Waals surface area contributed by atoms with Gasteiger partial charge < -0.3 is 5.32 Å². The molecule has 0 saturated heterocycles. The fraction of sp³-hybridized carbons (Fsp3) is 0.105. The van der Waals surface area contributed by atoms with Crippen molar-refractivity contribution in [3.05, 3.63) is 82.5 Å². The van der Waals surface area contributed by atoms with Crippen LogP contribution in [0.25, 0.3) is 16.2 Å². The number of benzene rings is 2. The zero-order valence-electron chi connectivity index (χ0n) is 12.9. The second-order valence-electron chi connectivity index (χ2n) is 5.56. The molecule has 3 nitrogen and oxygen atoms in total. The molecule has 4 rings (SSSR count). The molecule has 0 radical (unpaired) electrons. The Balaban J connectivity index is 1.62. The number of nitrogens with zero attached hydrogens (tertiary/aromatic N) is 2. The highest BCUT2D eigenvalue weighted by Crippen LogP contribution is 2.27. The van der Waals surface area contributed by atoms with Gasteiger partial charge in [-0.15, -0.1) is 11.3 Å². The third kappa shape index (κ3) is 3.08. The molecule has 24 heavy (non-hydrogen) atoms. The van der Waals surface area contributed by atoms with Crippen molar-refractivity contribution in [3.8, 4) is 11.3 Å². The fourth-order valence-corrected chi connectivity index (χ4v) is 3.62. The number of aromatic nitrogens is 2. The topological polar surface area (TPSA) is 29.3 Å². The van der Waals surface area contributed by atoms with Gasteiger partial charge in [-0.3, -0.25) is 4.40 Å². The predicted molar refractivity (Wildman–Crippen MR) is 101 cm³/mol. The third-order valence-corrected chi connectivity index (χ3v) is 4.95. The second-order valence-corrected chi connectivity index (χ2v) is 6.87. The Morgan fingerprint density at radius 3 is 2.58 bits per heavy atom. The van der Waals surface area contributed by atoms with E-state index in [9.17, 15) is 0 Å². The molecule has 0 bridgehead atoms. The Bertz CT molecular complexity index is 942. The van der Waals surface area contributed by atoms with Crippen LogP contribution in [-0.4, -0.2) is 9.38 Å². The van der Waals surface area contributed by atoms with Crippen LogP contribution in [0.1, 0.15) is 11.3 Å². The summed E-state index contributed by atoms with van der Waals surface area (Å²) in [5, 5.41) is 6.33. The van der Waals surface area contributed by atoms with E-state index in [-0.39, 0.29) is 0 Å². The summed E-state index contributed by atoms with van der Waals surface area (Å²) in [5.74, 6) is 0. The maximum absolute atomic E-state index is 6.01. The van der Waals surface area contributed by atoms with E-state index < -0.39 is 0 Å². The molecule has 0 saturated carbocycles. The summed E-state index contributed by atoms with van der Waals surface area (Å²) in [6.45, 7) is 1.59. The minimum Gasteiger partial charge on any atom is -0.307 e. The molecule has 4 aromatic rings. The van der Waals surface area contributed by atoms with Gasteiger partial charge in [0.15, 0.2) is 4.96 Å². The molecule has 0 aliphatic heterocycles. The molecule has 120 valence electrons. The highest BCUT2D eigenvalue weighted by molar-refractivity contribution is 7.15. The Morgan fingerprint density at radius 1 is 1.00 bits per heavy atom. The van der Waals surface area contributed by atoms with E-state index in [1.807, 2.05) is 30.3 Å². The summed E-state index contributed by atoms with van der Waals surface area (Å²) in [6.07, 6.45) is 2.08. The number of rotatable bonds is 5. The van der Waals surface area contributed by atoms with Crippen LogP contribution < -0.4 is 5.32 Å². The first-order valence-corrected chi connectivity index (χ1v) is 9.02. The standard InChI is InChI=1S/C19H16ClN3S/c20-16-8-6-15(7-9-16)18-17(23-10-11-24-19(23)22-18)13-21-12-14-4-2-1-3-5-14/h1-11,21H,12-13H2. The van der Waals surface area contributed by atoms with Gasteiger partial charge >= 0.3 is 0 Å². The summed E-state index contributed by atoms with van der Waals surface area (Å²) in [4.78, 5) is 5.81. The summed E-state index contributed by atoms with van der Waals surface area (Å²) in [5.41, 5.74) is 4.55. The Labute approximate surface area is 149 Å². The van der Waals surface area contributed by atoms with Gasteiger partial charge in [0.2, 0.25) is 0 Å². The van der Waals surface area contributed by atoms with Crippen molar-refractivity contribution >= 4 is 27.9 Å². The second kappa shape index (κ2) is 6.77. The van der Waals surface area contributed by atoms with Crippen LogP contribution in [0.4, 0.5) is 0 Å². The molecule has 0 spiro atoms. The molecular weight excluding hydrogens is 338 g/mol. The van der Waals surface area contributed by atoms with Crippen molar-refractivity contribution in [2.75, 3.05) is 0 Å². The normalized spacial score (nSPS) is 11.2. The SMILES string of the molecule is Clc1ccc(-c2nc3sccn3c2CNCc2ccccc2)cc1. The summed E-state index contributed by atoms with van der Waals surface area (Å²) >= 11 is 7.66. The van der Waals surface area contributed by atoms with Gasteiger partial charge in [0.05, 0.1) is 11.4 Å². The quantitative estimate of drug-likeness (QED) is 0.546. The molecule has 0 aliphatic carbocycles. The minimum atomic E-state index is 0.739. The molecule has 1 N–H and O–H groups in total. The lowest BCUT2D eigenvalue weighted by atomic mass is 10.1. The van der Waals surface area contributed by atoms with Gasteiger partial charge in [0, 0.05) is 35.3 Å². The van der Waals surface area contributed by atoms with Crippen LogP contribution in [0.15, 0.2) is 66.2 Å². The Hall–Kier alpha value is -2.14. The van der Waals surface area contributed by atoms with E-state index in [4.69, 9.17) is 16.6 Å². The number of hydrogen-bond acceptors (Lipinski definition) is 3. The summed E-state index contributed by atoms with van der Waals surface area (Å²) in [7, 11) is 0. The van der Waals surface area contributed by atoms with E-state index in [0.29, 0.717) is 0 Å². The fourth-order valence-electron chi connectivity index (χ4n) is 2.76. The summed E-state index contributed by atoms with van der Waals surface area (Å²) < 4.78 is 2.16. The molecule has 2 aromatic carbocycles. The highest BCUT2D eigenvalue weighted by Gasteiger charge is 2.14. The number of imidazole rings is 1. The third-order valence-electron chi connectivity index (χ3n) is 3.94. The van der Waals surface area contributed by atoms with Crippen molar-refractivity contribution in [1.82, 2.24) is 14.7 Å². The summed E-state index contributed by atoms with van der Waals surface area (Å²) in [6, 6.07) is 18.3.